The fraction of sp³-hybridized carbons (Fsp3) is 0.846. The highest BCUT2D eigenvalue weighted by atomic mass is 16.2. The number of nitrogens with one attached hydrogen (secondary N) is 2. The predicted octanol–water partition coefficient (Wildman–Crippen LogP) is -0.140. The Morgan fingerprint density at radius 3 is 2.32 bits per heavy atom. The second kappa shape index (κ2) is 6.75. The number of urea groups is 1. The summed E-state index contributed by atoms with van der Waals surface area (Å²) in [6.07, 6.45) is 2.60. The first-order chi connectivity index (χ1) is 9.20. The van der Waals surface area contributed by atoms with Gasteiger partial charge in [0.15, 0.2) is 0 Å². The number of carbonyl (C=O) groups excluding carboxylic acids is 2. The highest BCUT2D eigenvalue weighted by Crippen LogP contribution is 2.27. The van der Waals surface area contributed by atoms with Gasteiger partial charge in [0.25, 0.3) is 0 Å². The Labute approximate surface area is 114 Å². The van der Waals surface area contributed by atoms with Crippen LogP contribution in [0.25, 0.3) is 0 Å². The zero-order chi connectivity index (χ0) is 13.7. The lowest BCUT2D eigenvalue weighted by atomic mass is 10.3. The van der Waals surface area contributed by atoms with E-state index in [-0.39, 0.29) is 11.9 Å². The molecule has 2 aliphatic rings. The van der Waals surface area contributed by atoms with Crippen LogP contribution in [0, 0.1) is 5.92 Å². The molecule has 1 aliphatic carbocycles. The minimum absolute atomic E-state index is 0.0264. The average molecular weight is 268 g/mol. The Hall–Kier alpha value is -1.30. The van der Waals surface area contributed by atoms with Crippen molar-refractivity contribution in [2.75, 3.05) is 45.8 Å². The quantitative estimate of drug-likeness (QED) is 0.729. The van der Waals surface area contributed by atoms with Crippen LogP contribution in [0.4, 0.5) is 4.79 Å². The van der Waals surface area contributed by atoms with Crippen LogP contribution < -0.4 is 10.6 Å². The van der Waals surface area contributed by atoms with Crippen molar-refractivity contribution >= 4 is 11.9 Å². The summed E-state index contributed by atoms with van der Waals surface area (Å²) >= 11 is 0. The van der Waals surface area contributed by atoms with E-state index in [1.165, 1.54) is 12.8 Å². The van der Waals surface area contributed by atoms with Crippen LogP contribution >= 0.6 is 0 Å². The summed E-state index contributed by atoms with van der Waals surface area (Å²) in [6.45, 7) is 6.47. The lowest BCUT2D eigenvalue weighted by Crippen LogP contribution is -2.54. The summed E-state index contributed by atoms with van der Waals surface area (Å²) in [6, 6.07) is -0.0264. The molecule has 2 N–H and O–H groups in total. The Morgan fingerprint density at radius 2 is 1.74 bits per heavy atom. The summed E-state index contributed by atoms with van der Waals surface area (Å²) in [4.78, 5) is 27.2. The van der Waals surface area contributed by atoms with Crippen LogP contribution in [-0.4, -0.2) is 67.6 Å². The number of rotatable bonds is 5. The van der Waals surface area contributed by atoms with E-state index in [1.54, 1.807) is 4.90 Å². The van der Waals surface area contributed by atoms with Gasteiger partial charge >= 0.3 is 6.03 Å². The summed E-state index contributed by atoms with van der Waals surface area (Å²) in [5.74, 6) is 0.943. The first-order valence-electron chi connectivity index (χ1n) is 7.22. The highest BCUT2D eigenvalue weighted by Gasteiger charge is 2.24. The van der Waals surface area contributed by atoms with Crippen LogP contribution in [0.2, 0.25) is 0 Å². The zero-order valence-electron chi connectivity index (χ0n) is 11.7. The largest absolute Gasteiger partial charge is 0.338 e. The van der Waals surface area contributed by atoms with Gasteiger partial charge in [-0.15, -0.1) is 0 Å². The molecule has 1 saturated heterocycles. The normalized spacial score (nSPS) is 19.4. The van der Waals surface area contributed by atoms with E-state index in [9.17, 15) is 9.59 Å². The van der Waals surface area contributed by atoms with Crippen molar-refractivity contribution < 1.29 is 9.59 Å². The van der Waals surface area contributed by atoms with Crippen LogP contribution in [0.3, 0.4) is 0 Å². The van der Waals surface area contributed by atoms with E-state index in [0.29, 0.717) is 39.3 Å². The number of piperazine rings is 1. The van der Waals surface area contributed by atoms with Crippen molar-refractivity contribution in [2.24, 2.45) is 5.92 Å². The molecule has 19 heavy (non-hydrogen) atoms. The van der Waals surface area contributed by atoms with Gasteiger partial charge in [-0.2, -0.15) is 0 Å². The Morgan fingerprint density at radius 1 is 1.11 bits per heavy atom. The molecule has 1 saturated carbocycles. The van der Waals surface area contributed by atoms with Crippen LogP contribution in [-0.2, 0) is 4.79 Å². The standard InChI is InChI=1S/C13H24N4O2/c1-2-15-13(19)17-7-5-16(6-8-17)12(18)10-14-9-11-3-4-11/h11,14H,2-10H2,1H3,(H,15,19). The SMILES string of the molecule is CCNC(=O)N1CCN(C(=O)CNCC2CC2)CC1. The molecule has 2 rings (SSSR count). The third-order valence-electron chi connectivity index (χ3n) is 3.65. The van der Waals surface area contributed by atoms with Crippen LogP contribution in [0.1, 0.15) is 19.8 Å². The molecule has 0 aromatic carbocycles. The molecule has 2 fully saturated rings. The van der Waals surface area contributed by atoms with E-state index in [2.05, 4.69) is 10.6 Å². The minimum Gasteiger partial charge on any atom is -0.338 e. The van der Waals surface area contributed by atoms with Crippen molar-refractivity contribution in [2.45, 2.75) is 19.8 Å². The lowest BCUT2D eigenvalue weighted by Gasteiger charge is -2.34. The molecule has 0 atom stereocenters. The van der Waals surface area contributed by atoms with Crippen molar-refractivity contribution in [1.82, 2.24) is 20.4 Å². The number of amides is 3. The minimum atomic E-state index is -0.0264. The number of hydrogen-bond donors (Lipinski definition) is 2. The molecule has 6 nitrogen and oxygen atoms in total. The summed E-state index contributed by atoms with van der Waals surface area (Å²) in [7, 11) is 0. The molecule has 0 spiro atoms. The van der Waals surface area contributed by atoms with Crippen molar-refractivity contribution in [3.05, 3.63) is 0 Å². The van der Waals surface area contributed by atoms with E-state index in [0.717, 1.165) is 12.5 Å². The average Bonchev–Trinajstić information content (AvgIpc) is 3.23. The van der Waals surface area contributed by atoms with Crippen molar-refractivity contribution in [1.29, 1.82) is 0 Å². The second-order valence-electron chi connectivity index (χ2n) is 5.28. The van der Waals surface area contributed by atoms with Crippen LogP contribution in [0.15, 0.2) is 0 Å². The lowest BCUT2D eigenvalue weighted by molar-refractivity contribution is -0.131. The Kier molecular flexibility index (Phi) is 5.01. The molecule has 0 aromatic heterocycles. The highest BCUT2D eigenvalue weighted by molar-refractivity contribution is 5.79. The van der Waals surface area contributed by atoms with Gasteiger partial charge in [0, 0.05) is 32.7 Å². The Balaban J connectivity index is 1.63. The van der Waals surface area contributed by atoms with Gasteiger partial charge in [-0.05, 0) is 32.2 Å². The van der Waals surface area contributed by atoms with Gasteiger partial charge in [-0.3, -0.25) is 4.79 Å². The molecular formula is C13H24N4O2. The Bertz CT molecular complexity index is 323. The van der Waals surface area contributed by atoms with Crippen molar-refractivity contribution in [3.63, 3.8) is 0 Å². The monoisotopic (exact) mass is 268 g/mol. The molecule has 1 aliphatic heterocycles. The van der Waals surface area contributed by atoms with Gasteiger partial charge in [0.2, 0.25) is 5.91 Å². The first kappa shape index (κ1) is 14.1. The maximum Gasteiger partial charge on any atom is 0.317 e. The van der Waals surface area contributed by atoms with Crippen LogP contribution in [0.5, 0.6) is 0 Å². The maximum atomic E-state index is 11.9. The third-order valence-corrected chi connectivity index (χ3v) is 3.65. The molecule has 0 radical (unpaired) electrons. The number of nitrogens with zero attached hydrogens (tertiary/aromatic N) is 2. The fourth-order valence-electron chi connectivity index (χ4n) is 2.24. The molecule has 108 valence electrons. The van der Waals surface area contributed by atoms with Crippen molar-refractivity contribution in [3.8, 4) is 0 Å². The first-order valence-corrected chi connectivity index (χ1v) is 7.22. The molecule has 0 bridgehead atoms. The van der Waals surface area contributed by atoms with E-state index in [4.69, 9.17) is 0 Å². The smallest absolute Gasteiger partial charge is 0.317 e. The van der Waals surface area contributed by atoms with E-state index in [1.807, 2.05) is 11.8 Å². The zero-order valence-corrected chi connectivity index (χ0v) is 11.7. The van der Waals surface area contributed by atoms with Gasteiger partial charge in [-0.25, -0.2) is 4.79 Å². The van der Waals surface area contributed by atoms with E-state index >= 15 is 0 Å². The molecule has 1 heterocycles. The molecular weight excluding hydrogens is 244 g/mol. The van der Waals surface area contributed by atoms with Gasteiger partial charge < -0.3 is 20.4 Å². The fourth-order valence-corrected chi connectivity index (χ4v) is 2.24. The summed E-state index contributed by atoms with van der Waals surface area (Å²) in [5, 5.41) is 6.00. The topological polar surface area (TPSA) is 64.7 Å². The molecule has 0 aromatic rings. The van der Waals surface area contributed by atoms with Gasteiger partial charge in [0.05, 0.1) is 6.54 Å². The maximum absolute atomic E-state index is 11.9. The van der Waals surface area contributed by atoms with Gasteiger partial charge in [0.1, 0.15) is 0 Å². The predicted molar refractivity (Wildman–Crippen MR) is 72.8 cm³/mol. The molecule has 0 unspecified atom stereocenters. The van der Waals surface area contributed by atoms with Gasteiger partial charge in [-0.1, -0.05) is 0 Å². The second-order valence-corrected chi connectivity index (χ2v) is 5.28. The van der Waals surface area contributed by atoms with E-state index < -0.39 is 0 Å². The summed E-state index contributed by atoms with van der Waals surface area (Å²) in [5.41, 5.74) is 0. The third kappa shape index (κ3) is 4.38. The molecule has 3 amide bonds. The molecule has 6 heteroatoms. The number of carbonyl (C=O) groups is 2. The number of hydrogen-bond acceptors (Lipinski definition) is 3. The summed E-state index contributed by atoms with van der Waals surface area (Å²) < 4.78 is 0.